The van der Waals surface area contributed by atoms with Gasteiger partial charge in [0.1, 0.15) is 15.6 Å². The average molecular weight is 398 g/mol. The second kappa shape index (κ2) is 6.95. The normalized spacial score (nSPS) is 11.8. The van der Waals surface area contributed by atoms with E-state index in [0.29, 0.717) is 22.2 Å². The van der Waals surface area contributed by atoms with Crippen molar-refractivity contribution in [2.75, 3.05) is 0 Å². The summed E-state index contributed by atoms with van der Waals surface area (Å²) >= 11 is 0. The molecule has 6 nitrogen and oxygen atoms in total. The maximum atomic E-state index is 11.7. The van der Waals surface area contributed by atoms with Gasteiger partial charge in [-0.15, -0.1) is 0 Å². The Morgan fingerprint density at radius 3 is 2.32 bits per heavy atom. The van der Waals surface area contributed by atoms with Gasteiger partial charge >= 0.3 is 29.6 Å². The molecule has 0 atom stereocenters. The minimum absolute atomic E-state index is 0. The number of nitrogens with zero attached hydrogens (tertiary/aromatic N) is 2. The molecule has 2 heterocycles. The summed E-state index contributed by atoms with van der Waals surface area (Å²) in [6.07, 6.45) is 1.66. The van der Waals surface area contributed by atoms with E-state index in [2.05, 4.69) is 9.97 Å². The summed E-state index contributed by atoms with van der Waals surface area (Å²) in [5.41, 5.74) is 2.30. The average Bonchev–Trinajstić information content (AvgIpc) is 3.10. The van der Waals surface area contributed by atoms with Crippen LogP contribution in [0.4, 0.5) is 0 Å². The molecule has 0 unspecified atom stereocenters. The Balaban J connectivity index is 0.00000192. The van der Waals surface area contributed by atoms with E-state index in [0.717, 1.165) is 16.5 Å². The minimum Gasteiger partial charge on any atom is -0.744 e. The molecule has 2 aromatic heterocycles. The molecule has 0 spiro atoms. The molecule has 0 radical (unpaired) electrons. The van der Waals surface area contributed by atoms with Crippen LogP contribution in [-0.2, 0) is 10.1 Å². The number of hydrogen-bond acceptors (Lipinski definition) is 6. The third-order valence-corrected chi connectivity index (χ3v) is 5.39. The smallest absolute Gasteiger partial charge is 0.744 e. The van der Waals surface area contributed by atoms with Crippen molar-refractivity contribution in [3.8, 4) is 11.5 Å². The second-order valence-corrected chi connectivity index (χ2v) is 7.46. The molecular formula is C20H11N2NaO4S. The molecule has 5 aromatic rings. The van der Waals surface area contributed by atoms with Gasteiger partial charge < -0.3 is 8.97 Å². The van der Waals surface area contributed by atoms with Crippen molar-refractivity contribution >= 4 is 42.9 Å². The molecule has 0 saturated carbocycles. The van der Waals surface area contributed by atoms with Gasteiger partial charge in [0, 0.05) is 34.0 Å². The fraction of sp³-hybridized carbons (Fsp3) is 0. The molecule has 0 bridgehead atoms. The van der Waals surface area contributed by atoms with Crippen LogP contribution in [0.3, 0.4) is 0 Å². The molecule has 132 valence electrons. The third kappa shape index (κ3) is 3.01. The zero-order valence-corrected chi connectivity index (χ0v) is 17.6. The molecule has 8 heteroatoms. The van der Waals surface area contributed by atoms with E-state index < -0.39 is 10.1 Å². The predicted octanol–water partition coefficient (Wildman–Crippen LogP) is 1.10. The minimum atomic E-state index is -4.66. The number of fused-ring (bicyclic) bond motifs is 4. The van der Waals surface area contributed by atoms with Crippen molar-refractivity contribution in [2.45, 2.75) is 4.90 Å². The molecule has 0 aliphatic rings. The maximum absolute atomic E-state index is 11.7. The van der Waals surface area contributed by atoms with E-state index >= 15 is 0 Å². The van der Waals surface area contributed by atoms with E-state index in [4.69, 9.17) is 4.42 Å². The van der Waals surface area contributed by atoms with Gasteiger partial charge in [-0.25, -0.2) is 13.4 Å². The van der Waals surface area contributed by atoms with Crippen LogP contribution in [0.2, 0.25) is 0 Å². The monoisotopic (exact) mass is 398 g/mol. The van der Waals surface area contributed by atoms with Crippen LogP contribution in [0, 0.1) is 0 Å². The van der Waals surface area contributed by atoms with Gasteiger partial charge in [0.05, 0.1) is 10.4 Å². The number of pyridine rings is 1. The van der Waals surface area contributed by atoms with E-state index in [1.807, 2.05) is 24.3 Å². The van der Waals surface area contributed by atoms with Crippen LogP contribution in [0.1, 0.15) is 0 Å². The zero-order valence-electron chi connectivity index (χ0n) is 14.8. The van der Waals surface area contributed by atoms with Gasteiger partial charge in [-0.1, -0.05) is 42.5 Å². The SMILES string of the molecule is O=S(=O)([O-])c1cc2oc(-c3ccnc4ccccc34)nc2c2ccccc12.[Na+]. The first-order valence-electron chi connectivity index (χ1n) is 8.15. The first-order valence-corrected chi connectivity index (χ1v) is 9.55. The van der Waals surface area contributed by atoms with Crippen molar-refractivity contribution in [1.82, 2.24) is 9.97 Å². The maximum Gasteiger partial charge on any atom is 1.00 e. The van der Waals surface area contributed by atoms with Gasteiger partial charge in [0.25, 0.3) is 0 Å². The molecule has 0 fully saturated rings. The van der Waals surface area contributed by atoms with Crippen molar-refractivity contribution in [3.63, 3.8) is 0 Å². The van der Waals surface area contributed by atoms with Gasteiger partial charge in [-0.3, -0.25) is 4.98 Å². The van der Waals surface area contributed by atoms with E-state index in [9.17, 15) is 13.0 Å². The van der Waals surface area contributed by atoms with E-state index in [1.54, 1.807) is 36.5 Å². The van der Waals surface area contributed by atoms with Crippen LogP contribution in [0.5, 0.6) is 0 Å². The summed E-state index contributed by atoms with van der Waals surface area (Å²) in [7, 11) is -4.66. The molecule has 28 heavy (non-hydrogen) atoms. The number of hydrogen-bond donors (Lipinski definition) is 0. The molecule has 0 N–H and O–H groups in total. The van der Waals surface area contributed by atoms with Gasteiger partial charge in [0.2, 0.25) is 5.89 Å². The molecular weight excluding hydrogens is 387 g/mol. The molecule has 0 aliphatic carbocycles. The third-order valence-electron chi connectivity index (χ3n) is 4.51. The summed E-state index contributed by atoms with van der Waals surface area (Å²) in [6, 6.07) is 17.4. The topological polar surface area (TPSA) is 96.1 Å². The Labute approximate surface area is 182 Å². The number of benzene rings is 3. The number of aromatic nitrogens is 2. The fourth-order valence-electron chi connectivity index (χ4n) is 3.33. The van der Waals surface area contributed by atoms with Crippen molar-refractivity contribution in [1.29, 1.82) is 0 Å². The summed E-state index contributed by atoms with van der Waals surface area (Å²) in [5, 5.41) is 1.75. The van der Waals surface area contributed by atoms with E-state index in [-0.39, 0.29) is 40.0 Å². The molecule has 0 amide bonds. The van der Waals surface area contributed by atoms with Gasteiger partial charge in [-0.05, 0) is 12.1 Å². The Bertz CT molecular complexity index is 1460. The standard InChI is InChI=1S/C20H12N2O4S.Na/c23-27(24,25)18-11-17-19(14-7-2-1-6-13(14)18)22-20(26-17)15-9-10-21-16-8-4-3-5-12(15)16;/h1-11H,(H,23,24,25);/q;+1/p-1. The quantitative estimate of drug-likeness (QED) is 0.326. The number of oxazole rings is 1. The molecule has 0 aliphatic heterocycles. The van der Waals surface area contributed by atoms with Crippen LogP contribution < -0.4 is 29.6 Å². The second-order valence-electron chi connectivity index (χ2n) is 6.12. The molecule has 0 saturated heterocycles. The van der Waals surface area contributed by atoms with Crippen molar-refractivity contribution in [3.05, 3.63) is 66.9 Å². The van der Waals surface area contributed by atoms with Crippen LogP contribution in [0.15, 0.2) is 76.2 Å². The van der Waals surface area contributed by atoms with Crippen molar-refractivity contribution < 1.29 is 46.9 Å². The first-order chi connectivity index (χ1) is 13.0. The van der Waals surface area contributed by atoms with Gasteiger partial charge in [0.15, 0.2) is 5.58 Å². The van der Waals surface area contributed by atoms with E-state index in [1.165, 1.54) is 6.07 Å². The Morgan fingerprint density at radius 1 is 0.893 bits per heavy atom. The summed E-state index contributed by atoms with van der Waals surface area (Å²) < 4.78 is 41.0. The number of rotatable bonds is 2. The fourth-order valence-corrected chi connectivity index (χ4v) is 4.03. The predicted molar refractivity (Wildman–Crippen MR) is 100 cm³/mol. The van der Waals surface area contributed by atoms with Crippen LogP contribution in [0.25, 0.3) is 44.2 Å². The Morgan fingerprint density at radius 2 is 1.57 bits per heavy atom. The van der Waals surface area contributed by atoms with Crippen molar-refractivity contribution in [2.24, 2.45) is 0 Å². The number of para-hydroxylation sites is 1. The Hall–Kier alpha value is -2.29. The Kier molecular flexibility index (Phi) is 4.73. The zero-order chi connectivity index (χ0) is 18.6. The largest absolute Gasteiger partial charge is 1.00 e. The molecule has 3 aromatic carbocycles. The first kappa shape index (κ1) is 19.0. The van der Waals surface area contributed by atoms with Crippen LogP contribution in [-0.4, -0.2) is 22.9 Å². The van der Waals surface area contributed by atoms with Crippen LogP contribution >= 0.6 is 0 Å². The van der Waals surface area contributed by atoms with Gasteiger partial charge in [-0.2, -0.15) is 0 Å². The summed E-state index contributed by atoms with van der Waals surface area (Å²) in [4.78, 5) is 8.61. The summed E-state index contributed by atoms with van der Waals surface area (Å²) in [6.45, 7) is 0. The molecule has 5 rings (SSSR count). The summed E-state index contributed by atoms with van der Waals surface area (Å²) in [5.74, 6) is 0.342.